The number of carbonyl (C=O) groups is 8. The van der Waals surface area contributed by atoms with Crippen molar-refractivity contribution in [1.29, 1.82) is 0 Å². The molecule has 112 heavy (non-hydrogen) atoms. The predicted octanol–water partition coefficient (Wildman–Crippen LogP) is 20.2. The number of fused-ring (bicyclic) bond motifs is 1. The average Bonchev–Trinajstić information content (AvgIpc) is 1.68. The van der Waals surface area contributed by atoms with Gasteiger partial charge in [-0.3, -0.25) is 38.4 Å². The van der Waals surface area contributed by atoms with Crippen LogP contribution in [0.2, 0.25) is 0 Å². The van der Waals surface area contributed by atoms with Gasteiger partial charge in [-0.05, 0) is 101 Å². The van der Waals surface area contributed by atoms with Crippen LogP contribution in [0.1, 0.15) is 374 Å². The van der Waals surface area contributed by atoms with Gasteiger partial charge in [-0.2, -0.15) is 0 Å². The van der Waals surface area contributed by atoms with E-state index in [1.165, 1.54) is 218 Å². The molecule has 0 bridgehead atoms. The summed E-state index contributed by atoms with van der Waals surface area (Å²) in [6.07, 6.45) is 54.2. The molecule has 19 nitrogen and oxygen atoms in total. The topological polar surface area (TPSA) is 282 Å². The molecule has 0 aliphatic heterocycles. The van der Waals surface area contributed by atoms with Gasteiger partial charge in [0.2, 0.25) is 0 Å². The van der Waals surface area contributed by atoms with Crippen molar-refractivity contribution in [2.75, 3.05) is 52.6 Å². The summed E-state index contributed by atoms with van der Waals surface area (Å²) in [4.78, 5) is 93.0. The first kappa shape index (κ1) is 106. The highest BCUT2D eigenvalue weighted by Gasteiger charge is 2.24. The fraction of sp³-hybridized carbons (Fsp3) is 0.763. The normalized spacial score (nSPS) is 12.8. The predicted molar refractivity (Wildman–Crippen MR) is 458 cm³/mol. The van der Waals surface area contributed by atoms with Crippen molar-refractivity contribution in [1.82, 2.24) is 21.3 Å². The van der Waals surface area contributed by atoms with Gasteiger partial charge in [-0.15, -0.1) is 0 Å². The van der Waals surface area contributed by atoms with Crippen LogP contribution in [0.5, 0.6) is 0 Å². The van der Waals surface area contributed by atoms with E-state index < -0.39 is 36.2 Å². The van der Waals surface area contributed by atoms with Crippen molar-refractivity contribution in [3.8, 4) is 0 Å². The molecule has 1 aliphatic rings. The maximum atomic E-state index is 11.9. The van der Waals surface area contributed by atoms with E-state index in [1.807, 2.05) is 63.2 Å². The van der Waals surface area contributed by atoms with Crippen LogP contribution < -0.4 is 21.3 Å². The first-order valence-corrected chi connectivity index (χ1v) is 44.6. The molecule has 0 amide bonds. The number of hydrogen-bond acceptors (Lipinski definition) is 17. The van der Waals surface area contributed by atoms with Crippen molar-refractivity contribution in [3.05, 3.63) is 76.9 Å². The Morgan fingerprint density at radius 1 is 0.375 bits per heavy atom. The molecule has 0 spiro atoms. The summed E-state index contributed by atoms with van der Waals surface area (Å²) in [7, 11) is 0. The number of Topliss-reactive ketones (excluding diaryl/α,β-unsaturated/α-hetero) is 2. The summed E-state index contributed by atoms with van der Waals surface area (Å²) in [5.41, 5.74) is 5.54. The Labute approximate surface area is 680 Å². The Morgan fingerprint density at radius 2 is 0.661 bits per heavy atom. The molecule has 0 saturated heterocycles. The standard InChI is InChI=1S/C27H41NO4.C25H41NO4.C21H41NO3.C20H39NO4/c1-2-3-4-5-6-7-8-9-10-13-20-32-26(29)18-19-28-25(27(30)31)21-23-17-16-22-14-11-12-15-24(22)23;1-3-4-5-6-7-8-9-10-11-12-19-30-24(27)17-18-26-23(25(28)29)20-22-15-13-21(2)14-16-22;1-5-6-7-8-9-10-11-12-13-14-17-25-20(24)15-16-22-21(18(2)3)19(4)23;1-4-5-6-7-8-9-10-11-12-13-16-25-19(24)14-15-21-20(17(2)22)18(3)23/h11-12,14-15,17,25,28H,2-10,13,16,18-21H2,1H3,(H,30,31);13-16,23,26H,3-12,17-20H2,1-2H3,(H,28,29);18,21-22H,5-17H2,1-4H3;17,20-22H,4-16H2,1-3H3. The zero-order chi connectivity index (χ0) is 82.9. The number of benzene rings is 2. The van der Waals surface area contributed by atoms with Crippen molar-refractivity contribution >= 4 is 53.0 Å². The van der Waals surface area contributed by atoms with Gasteiger partial charge < -0.3 is 55.5 Å². The van der Waals surface area contributed by atoms with Crippen LogP contribution in [0.15, 0.2) is 54.6 Å². The van der Waals surface area contributed by atoms with Crippen molar-refractivity contribution in [3.63, 3.8) is 0 Å². The number of aryl methyl sites for hydroxylation is 1. The van der Waals surface area contributed by atoms with Gasteiger partial charge in [0.15, 0.2) is 0 Å². The van der Waals surface area contributed by atoms with Gasteiger partial charge in [-0.1, -0.05) is 333 Å². The van der Waals surface area contributed by atoms with Gasteiger partial charge in [0.05, 0.1) is 70.3 Å². The quantitative estimate of drug-likeness (QED) is 0.0184. The zero-order valence-electron chi connectivity index (χ0n) is 72.3. The Balaban J connectivity index is 0.00000148. The number of nitrogens with one attached hydrogen (secondary N) is 4. The Kier molecular flexibility index (Phi) is 71.3. The summed E-state index contributed by atoms with van der Waals surface area (Å²) in [5.74, 6) is -2.53. The van der Waals surface area contributed by atoms with E-state index in [2.05, 4.69) is 61.1 Å². The minimum Gasteiger partial charge on any atom is -0.480 e. The van der Waals surface area contributed by atoms with E-state index >= 15 is 0 Å². The Bertz CT molecular complexity index is 2640. The highest BCUT2D eigenvalue weighted by atomic mass is 16.5. The number of allylic oxidation sites excluding steroid dienone is 1. The molecule has 5 unspecified atom stereocenters. The van der Waals surface area contributed by atoms with Gasteiger partial charge in [0.1, 0.15) is 23.7 Å². The maximum Gasteiger partial charge on any atom is 0.321 e. The Hall–Kier alpha value is -5.86. The molecule has 0 radical (unpaired) electrons. The molecule has 644 valence electrons. The first-order chi connectivity index (χ1) is 54.1. The lowest BCUT2D eigenvalue weighted by atomic mass is 9.99. The van der Waals surface area contributed by atoms with Crippen LogP contribution in [0.4, 0.5) is 0 Å². The van der Waals surface area contributed by atoms with Gasteiger partial charge in [0, 0.05) is 26.2 Å². The summed E-state index contributed by atoms with van der Waals surface area (Å²) < 4.78 is 21.0. The van der Waals surface area contributed by atoms with E-state index in [9.17, 15) is 53.7 Å². The number of esters is 4. The molecule has 19 heteroatoms. The minimum absolute atomic E-state index is 0.119. The third-order valence-electron chi connectivity index (χ3n) is 20.4. The molecule has 3 rings (SSSR count). The highest BCUT2D eigenvalue weighted by Crippen LogP contribution is 2.31. The second-order valence-corrected chi connectivity index (χ2v) is 31.4. The summed E-state index contributed by atoms with van der Waals surface area (Å²) in [6.45, 7) is 22.9. The van der Waals surface area contributed by atoms with Crippen molar-refractivity contribution in [2.24, 2.45) is 5.92 Å². The van der Waals surface area contributed by atoms with Crippen LogP contribution in [-0.2, 0) is 70.1 Å². The van der Waals surface area contributed by atoms with Crippen LogP contribution in [0.25, 0.3) is 5.57 Å². The lowest BCUT2D eigenvalue weighted by Crippen LogP contribution is -2.44. The molecule has 1 aliphatic carbocycles. The van der Waals surface area contributed by atoms with Gasteiger partial charge in [-0.25, -0.2) is 0 Å². The van der Waals surface area contributed by atoms with E-state index in [1.54, 1.807) is 13.8 Å². The third-order valence-corrected chi connectivity index (χ3v) is 20.4. The molecular weight excluding hydrogens is 1410 g/mol. The molecule has 5 atom stereocenters. The number of aliphatic carboxylic acids is 2. The summed E-state index contributed by atoms with van der Waals surface area (Å²) in [5, 5.41) is 40.4. The number of unbranched alkanes of at least 4 members (excludes halogenated alkanes) is 36. The number of rotatable bonds is 70. The number of aliphatic hydroxyl groups is 1. The lowest BCUT2D eigenvalue weighted by molar-refractivity contribution is -0.145. The monoisotopic (exact) mass is 1580 g/mol. The van der Waals surface area contributed by atoms with Crippen LogP contribution >= 0.6 is 0 Å². The number of carbonyl (C=O) groups excluding carboxylic acids is 6. The van der Waals surface area contributed by atoms with Crippen LogP contribution in [-0.4, -0.2) is 146 Å². The van der Waals surface area contributed by atoms with Gasteiger partial charge in [0.25, 0.3) is 0 Å². The van der Waals surface area contributed by atoms with Crippen LogP contribution in [0, 0.1) is 12.8 Å². The fourth-order valence-electron chi connectivity index (χ4n) is 13.5. The molecular formula is C93H162N4O15. The van der Waals surface area contributed by atoms with E-state index in [0.29, 0.717) is 71.9 Å². The minimum atomic E-state index is -0.908. The Morgan fingerprint density at radius 3 is 0.955 bits per heavy atom. The fourth-order valence-corrected chi connectivity index (χ4v) is 13.5. The zero-order valence-corrected chi connectivity index (χ0v) is 72.3. The van der Waals surface area contributed by atoms with Crippen molar-refractivity contribution < 1.29 is 72.6 Å². The number of ketones is 2. The number of carboxylic acids is 2. The number of carboxylic acid groups (broad SMARTS) is 2. The molecule has 0 saturated carbocycles. The molecule has 7 N–H and O–H groups in total. The van der Waals surface area contributed by atoms with E-state index in [-0.39, 0.29) is 66.7 Å². The van der Waals surface area contributed by atoms with E-state index in [0.717, 1.165) is 80.1 Å². The molecule has 2 aromatic rings. The summed E-state index contributed by atoms with van der Waals surface area (Å²) in [6, 6.07) is 13.7. The maximum absolute atomic E-state index is 11.9. The van der Waals surface area contributed by atoms with E-state index in [4.69, 9.17) is 18.9 Å². The van der Waals surface area contributed by atoms with Crippen molar-refractivity contribution in [2.45, 2.75) is 401 Å². The lowest BCUT2D eigenvalue weighted by Gasteiger charge is -2.19. The summed E-state index contributed by atoms with van der Waals surface area (Å²) >= 11 is 0. The van der Waals surface area contributed by atoms with Gasteiger partial charge >= 0.3 is 35.8 Å². The largest absolute Gasteiger partial charge is 0.480 e. The smallest absolute Gasteiger partial charge is 0.321 e. The number of ether oxygens (including phenoxy) is 4. The number of aliphatic hydroxyl groups excluding tert-OH is 1. The first-order valence-electron chi connectivity index (χ1n) is 44.6. The molecule has 0 fully saturated rings. The average molecular weight is 1580 g/mol. The second kappa shape index (κ2) is 75.2. The molecule has 0 heterocycles. The molecule has 0 aromatic heterocycles. The molecule has 2 aromatic carbocycles. The number of hydrogen-bond donors (Lipinski definition) is 7. The second-order valence-electron chi connectivity index (χ2n) is 31.4. The SMILES string of the molecule is CCCCCCCCCCCCOC(=O)CCNC(C(C)=O)C(C)C.CCCCCCCCCCCCOC(=O)CCNC(C(C)=O)C(C)O.CCCCCCCCCCCCOC(=O)CCNC(CC1=CCc2ccccc21)C(=O)O.CCCCCCCCCCCCOC(=O)CCNC(Cc1ccc(C)cc1)C(=O)O. The highest BCUT2D eigenvalue weighted by molar-refractivity contribution is 5.83. The van der Waals surface area contributed by atoms with Crippen LogP contribution in [0.3, 0.4) is 0 Å². The third kappa shape index (κ3) is 63.4.